The zero-order chi connectivity index (χ0) is 22.5. The van der Waals surface area contributed by atoms with Crippen LogP contribution < -0.4 is 0 Å². The molecule has 2 nitrogen and oxygen atoms in total. The number of para-hydroxylation sites is 1. The Hall–Kier alpha value is -3.05. The van der Waals surface area contributed by atoms with Crippen LogP contribution in [0, 0.1) is 18.8 Å². The smallest absolute Gasteiger partial charge is 0.195 e. The number of nitrogens with zero attached hydrogens (tertiary/aromatic N) is 1. The number of aryl methyl sites for hydroxylation is 2. The van der Waals surface area contributed by atoms with Gasteiger partial charge >= 0.3 is 0 Å². The van der Waals surface area contributed by atoms with Gasteiger partial charge in [0.05, 0.1) is 5.56 Å². The van der Waals surface area contributed by atoms with Crippen LogP contribution in [0.15, 0.2) is 42.5 Å². The van der Waals surface area contributed by atoms with Gasteiger partial charge in [-0.2, -0.15) is 0 Å². The summed E-state index contributed by atoms with van der Waals surface area (Å²) in [7, 11) is 0. The normalized spacial score (nSPS) is 13.7. The molecule has 1 aromatic heterocycles. The molecule has 3 aromatic rings. The lowest BCUT2D eigenvalue weighted by atomic mass is 9.88. The molecule has 1 heterocycles. The lowest BCUT2D eigenvalue weighted by Gasteiger charge is -2.15. The fraction of sp³-hybridized carbons (Fsp3) is 0.367. The Kier molecular flexibility index (Phi) is 6.96. The van der Waals surface area contributed by atoms with E-state index in [0.717, 1.165) is 59.9 Å². The van der Waals surface area contributed by atoms with Crippen molar-refractivity contribution in [3.05, 3.63) is 76.0 Å². The van der Waals surface area contributed by atoms with Crippen LogP contribution >= 0.6 is 0 Å². The number of ketones is 1. The zero-order valence-corrected chi connectivity index (χ0v) is 19.6. The second kappa shape index (κ2) is 10.0. The molecule has 0 spiro atoms. The molecule has 0 saturated heterocycles. The van der Waals surface area contributed by atoms with Gasteiger partial charge in [0.2, 0.25) is 0 Å². The highest BCUT2D eigenvalue weighted by Crippen LogP contribution is 2.32. The molecule has 1 aliphatic carbocycles. The molecule has 0 unspecified atom stereocenters. The van der Waals surface area contributed by atoms with Gasteiger partial charge in [0, 0.05) is 41.5 Å². The Bertz CT molecular complexity index is 1230. The lowest BCUT2D eigenvalue weighted by Crippen LogP contribution is -2.12. The van der Waals surface area contributed by atoms with Crippen LogP contribution in [0.1, 0.15) is 84.3 Å². The summed E-state index contributed by atoms with van der Waals surface area (Å²) >= 11 is 0. The van der Waals surface area contributed by atoms with Crippen molar-refractivity contribution in [2.75, 3.05) is 0 Å². The molecule has 0 N–H and O–H groups in total. The number of carbonyl (C=O) groups excluding carboxylic acids is 1. The van der Waals surface area contributed by atoms with Crippen molar-refractivity contribution in [1.82, 2.24) is 4.57 Å². The Labute approximate surface area is 192 Å². The van der Waals surface area contributed by atoms with E-state index in [2.05, 4.69) is 79.7 Å². The lowest BCUT2D eigenvalue weighted by molar-refractivity contribution is 0.103. The van der Waals surface area contributed by atoms with Gasteiger partial charge in [0.25, 0.3) is 0 Å². The molecule has 2 aromatic carbocycles. The number of unbranched alkanes of at least 4 members (excludes halogenated alkanes) is 2. The van der Waals surface area contributed by atoms with Crippen LogP contribution in [-0.4, -0.2) is 10.4 Å². The summed E-state index contributed by atoms with van der Waals surface area (Å²) in [6.07, 6.45) is 11.1. The number of allylic oxidation sites excluding steroid dienone is 1. The van der Waals surface area contributed by atoms with Crippen molar-refractivity contribution in [2.24, 2.45) is 0 Å². The molecule has 0 fully saturated rings. The number of benzene rings is 2. The minimum Gasteiger partial charge on any atom is -0.344 e. The molecule has 0 amide bonds. The average Bonchev–Trinajstić information content (AvgIpc) is 3.08. The van der Waals surface area contributed by atoms with Gasteiger partial charge in [-0.1, -0.05) is 87.4 Å². The minimum atomic E-state index is 0.144. The molecule has 0 bridgehead atoms. The molecule has 0 saturated carbocycles. The second-order valence-electron chi connectivity index (χ2n) is 8.74. The SMILES string of the molecule is CCCCCn1c(CCC)c(C(=O)c2ccc(C)c3c2CC#CC/C=C\3)c2ccccc21. The maximum atomic E-state index is 14.2. The summed E-state index contributed by atoms with van der Waals surface area (Å²) in [5.74, 6) is 6.61. The van der Waals surface area contributed by atoms with E-state index in [1.54, 1.807) is 0 Å². The highest BCUT2D eigenvalue weighted by Gasteiger charge is 2.25. The van der Waals surface area contributed by atoms with E-state index in [0.29, 0.717) is 6.42 Å². The highest BCUT2D eigenvalue weighted by atomic mass is 16.1. The molecular weight excluding hydrogens is 390 g/mol. The maximum Gasteiger partial charge on any atom is 0.195 e. The first kappa shape index (κ1) is 22.2. The number of carbonyl (C=O) groups is 1. The van der Waals surface area contributed by atoms with E-state index < -0.39 is 0 Å². The molecule has 32 heavy (non-hydrogen) atoms. The fourth-order valence-electron chi connectivity index (χ4n) is 4.89. The van der Waals surface area contributed by atoms with E-state index in [4.69, 9.17) is 0 Å². The largest absolute Gasteiger partial charge is 0.344 e. The summed E-state index contributed by atoms with van der Waals surface area (Å²) in [6.45, 7) is 7.52. The van der Waals surface area contributed by atoms with Crippen molar-refractivity contribution in [3.63, 3.8) is 0 Å². The van der Waals surface area contributed by atoms with Crippen LogP contribution in [0.25, 0.3) is 17.0 Å². The Balaban J connectivity index is 1.91. The first-order valence-corrected chi connectivity index (χ1v) is 12.1. The van der Waals surface area contributed by atoms with Gasteiger partial charge in [-0.25, -0.2) is 0 Å². The van der Waals surface area contributed by atoms with Crippen LogP contribution in [-0.2, 0) is 19.4 Å². The average molecular weight is 424 g/mol. The molecule has 0 aliphatic heterocycles. The van der Waals surface area contributed by atoms with E-state index in [1.807, 2.05) is 6.07 Å². The monoisotopic (exact) mass is 423 g/mol. The fourth-order valence-corrected chi connectivity index (χ4v) is 4.89. The van der Waals surface area contributed by atoms with Gasteiger partial charge in [-0.05, 0) is 42.5 Å². The summed E-state index contributed by atoms with van der Waals surface area (Å²) in [5.41, 5.74) is 7.51. The quantitative estimate of drug-likeness (QED) is 0.212. The van der Waals surface area contributed by atoms with Gasteiger partial charge in [-0.3, -0.25) is 4.79 Å². The molecular formula is C30H33NO. The Morgan fingerprint density at radius 2 is 1.88 bits per heavy atom. The minimum absolute atomic E-state index is 0.144. The summed E-state index contributed by atoms with van der Waals surface area (Å²) in [6, 6.07) is 12.5. The highest BCUT2D eigenvalue weighted by molar-refractivity contribution is 6.18. The Morgan fingerprint density at radius 1 is 1.03 bits per heavy atom. The molecule has 0 atom stereocenters. The summed E-state index contributed by atoms with van der Waals surface area (Å²) < 4.78 is 2.42. The van der Waals surface area contributed by atoms with E-state index in [-0.39, 0.29) is 5.78 Å². The van der Waals surface area contributed by atoms with Gasteiger partial charge < -0.3 is 4.57 Å². The summed E-state index contributed by atoms with van der Waals surface area (Å²) in [5, 5.41) is 1.08. The van der Waals surface area contributed by atoms with Gasteiger partial charge in [-0.15, -0.1) is 0 Å². The third-order valence-electron chi connectivity index (χ3n) is 6.49. The van der Waals surface area contributed by atoms with Crippen molar-refractivity contribution >= 4 is 22.8 Å². The zero-order valence-electron chi connectivity index (χ0n) is 19.6. The number of aromatic nitrogens is 1. The van der Waals surface area contributed by atoms with Crippen LogP contribution in [0.3, 0.4) is 0 Å². The number of hydrogen-bond donors (Lipinski definition) is 0. The first-order chi connectivity index (χ1) is 15.7. The van der Waals surface area contributed by atoms with Crippen molar-refractivity contribution in [1.29, 1.82) is 0 Å². The first-order valence-electron chi connectivity index (χ1n) is 12.1. The number of hydrogen-bond acceptors (Lipinski definition) is 1. The maximum absolute atomic E-state index is 14.2. The van der Waals surface area contributed by atoms with E-state index in [9.17, 15) is 4.79 Å². The number of rotatable bonds is 8. The topological polar surface area (TPSA) is 22.0 Å². The van der Waals surface area contributed by atoms with Crippen LogP contribution in [0.5, 0.6) is 0 Å². The van der Waals surface area contributed by atoms with Gasteiger partial charge in [0.15, 0.2) is 5.78 Å². The molecule has 2 heteroatoms. The van der Waals surface area contributed by atoms with Crippen molar-refractivity contribution < 1.29 is 4.79 Å². The Morgan fingerprint density at radius 3 is 2.69 bits per heavy atom. The number of fused-ring (bicyclic) bond motifs is 2. The third-order valence-corrected chi connectivity index (χ3v) is 6.49. The van der Waals surface area contributed by atoms with Crippen molar-refractivity contribution in [3.8, 4) is 11.8 Å². The second-order valence-corrected chi connectivity index (χ2v) is 8.74. The van der Waals surface area contributed by atoms with E-state index >= 15 is 0 Å². The predicted molar refractivity (Wildman–Crippen MR) is 135 cm³/mol. The third kappa shape index (κ3) is 4.17. The molecule has 4 rings (SSSR count). The van der Waals surface area contributed by atoms with E-state index in [1.165, 1.54) is 29.6 Å². The predicted octanol–water partition coefficient (Wildman–Crippen LogP) is 7.29. The van der Waals surface area contributed by atoms with Crippen molar-refractivity contribution in [2.45, 2.75) is 72.3 Å². The van der Waals surface area contributed by atoms with Crippen LogP contribution in [0.4, 0.5) is 0 Å². The molecule has 0 radical (unpaired) electrons. The molecule has 164 valence electrons. The standard InChI is InChI=1S/C30H33NO/c1-4-6-13-21-31-27-18-12-11-17-26(27)29(28(31)14-5-2)30(32)25-20-19-22(3)23-15-9-7-8-10-16-24(23)25/h9,11-12,15,17-20H,4-7,13-14,16,21H2,1-3H3/b15-9-. The van der Waals surface area contributed by atoms with Crippen LogP contribution in [0.2, 0.25) is 0 Å². The molecule has 1 aliphatic rings. The van der Waals surface area contributed by atoms with Gasteiger partial charge in [0.1, 0.15) is 0 Å². The summed E-state index contributed by atoms with van der Waals surface area (Å²) in [4.78, 5) is 14.2.